The maximum absolute atomic E-state index is 6.19. The Morgan fingerprint density at radius 2 is 1.89 bits per heavy atom. The van der Waals surface area contributed by atoms with Crippen molar-refractivity contribution in [3.05, 3.63) is 64.9 Å². The quantitative estimate of drug-likeness (QED) is 0.671. The summed E-state index contributed by atoms with van der Waals surface area (Å²) in [6.45, 7) is 2.49. The van der Waals surface area contributed by atoms with Gasteiger partial charge in [-0.05, 0) is 31.2 Å². The molecule has 3 aromatic rings. The van der Waals surface area contributed by atoms with Crippen LogP contribution in [0.3, 0.4) is 0 Å². The van der Waals surface area contributed by atoms with Crippen molar-refractivity contribution in [3.63, 3.8) is 0 Å². The minimum Gasteiger partial charge on any atom is -0.489 e. The molecule has 0 aliphatic heterocycles. The lowest BCUT2D eigenvalue weighted by Gasteiger charge is -2.05. The molecule has 19 heavy (non-hydrogen) atoms. The number of halogens is 1. The van der Waals surface area contributed by atoms with Gasteiger partial charge in [0.25, 0.3) is 0 Å². The first-order valence-corrected chi connectivity index (χ1v) is 6.46. The van der Waals surface area contributed by atoms with Crippen LogP contribution >= 0.6 is 11.6 Å². The molecule has 0 aliphatic carbocycles. The molecule has 0 saturated carbocycles. The second-order valence-corrected chi connectivity index (χ2v) is 4.88. The fraction of sp³-hybridized carbons (Fsp3) is 0.125. The Hall–Kier alpha value is -1.93. The highest BCUT2D eigenvalue weighted by Gasteiger charge is 2.09. The zero-order chi connectivity index (χ0) is 13.2. The van der Waals surface area contributed by atoms with Gasteiger partial charge in [0.1, 0.15) is 17.9 Å². The molecule has 3 rings (SSSR count). The Morgan fingerprint density at radius 3 is 2.68 bits per heavy atom. The summed E-state index contributed by atoms with van der Waals surface area (Å²) in [6, 6.07) is 13.6. The molecule has 0 N–H and O–H groups in total. The SMILES string of the molecule is Cc1ccc(OCc2coc3cccc(Cl)c23)cc1. The second kappa shape index (κ2) is 4.98. The molecule has 1 heterocycles. The van der Waals surface area contributed by atoms with Gasteiger partial charge in [-0.1, -0.05) is 35.4 Å². The third-order valence-electron chi connectivity index (χ3n) is 3.04. The maximum atomic E-state index is 6.19. The first kappa shape index (κ1) is 12.1. The Morgan fingerprint density at radius 1 is 1.11 bits per heavy atom. The lowest BCUT2D eigenvalue weighted by atomic mass is 10.2. The molecular weight excluding hydrogens is 260 g/mol. The van der Waals surface area contributed by atoms with E-state index >= 15 is 0 Å². The van der Waals surface area contributed by atoms with Crippen LogP contribution in [0.25, 0.3) is 11.0 Å². The molecule has 0 aliphatic rings. The van der Waals surface area contributed by atoms with Gasteiger partial charge in [-0.3, -0.25) is 0 Å². The lowest BCUT2D eigenvalue weighted by molar-refractivity contribution is 0.306. The first-order chi connectivity index (χ1) is 9.24. The van der Waals surface area contributed by atoms with E-state index in [2.05, 4.69) is 0 Å². The number of hydrogen-bond acceptors (Lipinski definition) is 2. The third-order valence-corrected chi connectivity index (χ3v) is 3.35. The smallest absolute Gasteiger partial charge is 0.135 e. The van der Waals surface area contributed by atoms with E-state index < -0.39 is 0 Å². The van der Waals surface area contributed by atoms with Gasteiger partial charge in [0, 0.05) is 10.9 Å². The van der Waals surface area contributed by atoms with Crippen LogP contribution in [-0.4, -0.2) is 0 Å². The number of benzene rings is 2. The van der Waals surface area contributed by atoms with Crippen molar-refractivity contribution in [2.24, 2.45) is 0 Å². The van der Waals surface area contributed by atoms with Crippen molar-refractivity contribution in [1.82, 2.24) is 0 Å². The van der Waals surface area contributed by atoms with Crippen molar-refractivity contribution in [2.45, 2.75) is 13.5 Å². The summed E-state index contributed by atoms with van der Waals surface area (Å²) in [5.74, 6) is 0.840. The number of rotatable bonds is 3. The van der Waals surface area contributed by atoms with Crippen molar-refractivity contribution < 1.29 is 9.15 Å². The zero-order valence-corrected chi connectivity index (χ0v) is 11.3. The van der Waals surface area contributed by atoms with Crippen LogP contribution in [0, 0.1) is 6.92 Å². The third kappa shape index (κ3) is 2.45. The Kier molecular flexibility index (Phi) is 3.18. The van der Waals surface area contributed by atoms with Crippen molar-refractivity contribution >= 4 is 22.6 Å². The molecule has 0 fully saturated rings. The molecule has 0 spiro atoms. The summed E-state index contributed by atoms with van der Waals surface area (Å²) in [7, 11) is 0. The molecule has 1 aromatic heterocycles. The highest BCUT2D eigenvalue weighted by molar-refractivity contribution is 6.35. The van der Waals surface area contributed by atoms with E-state index in [4.69, 9.17) is 20.8 Å². The molecule has 0 bridgehead atoms. The second-order valence-electron chi connectivity index (χ2n) is 4.48. The van der Waals surface area contributed by atoms with E-state index in [0.29, 0.717) is 11.6 Å². The van der Waals surface area contributed by atoms with E-state index in [0.717, 1.165) is 22.3 Å². The predicted octanol–water partition coefficient (Wildman–Crippen LogP) is 4.97. The molecule has 0 radical (unpaired) electrons. The monoisotopic (exact) mass is 272 g/mol. The van der Waals surface area contributed by atoms with Gasteiger partial charge in [0.05, 0.1) is 11.3 Å². The molecular formula is C16H13ClO2. The number of ether oxygens (including phenoxy) is 1. The van der Waals surface area contributed by atoms with Gasteiger partial charge in [0.15, 0.2) is 0 Å². The molecule has 3 heteroatoms. The zero-order valence-electron chi connectivity index (χ0n) is 10.5. The van der Waals surface area contributed by atoms with Crippen LogP contribution < -0.4 is 4.74 Å². The Bertz CT molecular complexity index is 698. The summed E-state index contributed by atoms with van der Waals surface area (Å²) in [5.41, 5.74) is 2.96. The Balaban J connectivity index is 1.84. The van der Waals surface area contributed by atoms with Gasteiger partial charge in [-0.2, -0.15) is 0 Å². The molecule has 0 unspecified atom stereocenters. The topological polar surface area (TPSA) is 22.4 Å². The molecule has 0 saturated heterocycles. The largest absolute Gasteiger partial charge is 0.489 e. The van der Waals surface area contributed by atoms with E-state index in [1.807, 2.05) is 49.4 Å². The minimum atomic E-state index is 0.444. The summed E-state index contributed by atoms with van der Waals surface area (Å²) < 4.78 is 11.2. The van der Waals surface area contributed by atoms with Crippen molar-refractivity contribution in [1.29, 1.82) is 0 Å². The molecule has 0 atom stereocenters. The van der Waals surface area contributed by atoms with Gasteiger partial charge >= 0.3 is 0 Å². The summed E-state index contributed by atoms with van der Waals surface area (Å²) in [5, 5.41) is 1.62. The normalized spacial score (nSPS) is 10.8. The van der Waals surface area contributed by atoms with Crippen LogP contribution in [0.5, 0.6) is 5.75 Å². The first-order valence-electron chi connectivity index (χ1n) is 6.08. The van der Waals surface area contributed by atoms with Gasteiger partial charge in [0.2, 0.25) is 0 Å². The summed E-state index contributed by atoms with van der Waals surface area (Å²) in [6.07, 6.45) is 1.70. The summed E-state index contributed by atoms with van der Waals surface area (Å²) in [4.78, 5) is 0. The predicted molar refractivity (Wildman–Crippen MR) is 76.7 cm³/mol. The molecule has 0 amide bonds. The number of fused-ring (bicyclic) bond motifs is 1. The van der Waals surface area contributed by atoms with Gasteiger partial charge in [-0.15, -0.1) is 0 Å². The van der Waals surface area contributed by atoms with Crippen LogP contribution in [0.4, 0.5) is 0 Å². The van der Waals surface area contributed by atoms with Gasteiger partial charge in [-0.25, -0.2) is 0 Å². The van der Waals surface area contributed by atoms with Gasteiger partial charge < -0.3 is 9.15 Å². The highest BCUT2D eigenvalue weighted by Crippen LogP contribution is 2.29. The van der Waals surface area contributed by atoms with E-state index in [-0.39, 0.29) is 0 Å². The van der Waals surface area contributed by atoms with Crippen LogP contribution in [0.2, 0.25) is 5.02 Å². The van der Waals surface area contributed by atoms with Crippen LogP contribution in [-0.2, 0) is 6.61 Å². The lowest BCUT2D eigenvalue weighted by Crippen LogP contribution is -1.94. The number of aryl methyl sites for hydroxylation is 1. The van der Waals surface area contributed by atoms with Crippen molar-refractivity contribution in [3.8, 4) is 5.75 Å². The van der Waals surface area contributed by atoms with Crippen molar-refractivity contribution in [2.75, 3.05) is 0 Å². The van der Waals surface area contributed by atoms with Crippen LogP contribution in [0.15, 0.2) is 53.1 Å². The highest BCUT2D eigenvalue weighted by atomic mass is 35.5. The average Bonchev–Trinajstić information content (AvgIpc) is 2.83. The average molecular weight is 273 g/mol. The number of hydrogen-bond donors (Lipinski definition) is 0. The molecule has 2 aromatic carbocycles. The standard InChI is InChI=1S/C16H13ClO2/c1-11-5-7-13(8-6-11)18-9-12-10-19-15-4-2-3-14(17)16(12)15/h2-8,10H,9H2,1H3. The Labute approximate surface area is 116 Å². The minimum absolute atomic E-state index is 0.444. The number of furan rings is 1. The van der Waals surface area contributed by atoms with E-state index in [9.17, 15) is 0 Å². The summed E-state index contributed by atoms with van der Waals surface area (Å²) >= 11 is 6.19. The molecule has 2 nitrogen and oxygen atoms in total. The molecule has 96 valence electrons. The fourth-order valence-corrected chi connectivity index (χ4v) is 2.30. The van der Waals surface area contributed by atoms with Crippen LogP contribution in [0.1, 0.15) is 11.1 Å². The van der Waals surface area contributed by atoms with E-state index in [1.165, 1.54) is 5.56 Å². The fourth-order valence-electron chi connectivity index (χ4n) is 2.01. The van der Waals surface area contributed by atoms with E-state index in [1.54, 1.807) is 6.26 Å². The maximum Gasteiger partial charge on any atom is 0.135 e.